The normalized spacial score (nSPS) is 10.9. The first-order chi connectivity index (χ1) is 10.8. The summed E-state index contributed by atoms with van der Waals surface area (Å²) < 4.78 is 37.3. The largest absolute Gasteiger partial charge is 0.401 e. The highest BCUT2D eigenvalue weighted by Crippen LogP contribution is 2.14. The van der Waals surface area contributed by atoms with Gasteiger partial charge in [0.2, 0.25) is 0 Å². The Bertz CT molecular complexity index is 569. The Kier molecular flexibility index (Phi) is 9.43. The van der Waals surface area contributed by atoms with Gasteiger partial charge < -0.3 is 5.32 Å². The van der Waals surface area contributed by atoms with Crippen LogP contribution < -0.4 is 5.32 Å². The molecular weight excluding hydrogens is 503 g/mol. The van der Waals surface area contributed by atoms with Crippen molar-refractivity contribution in [2.45, 2.75) is 18.1 Å². The smallest absolute Gasteiger partial charge is 0.305 e. The standard InChI is InChI=1S/C9H9BrF3N.C7H6Br2/c10-8-3-1-7(2-4-8)5-14-6-9(11,12)13;8-5-6-1-3-7(9)4-2-6/h1-4,14H,5-6H2;1-4H,5H2. The van der Waals surface area contributed by atoms with Crippen molar-refractivity contribution >= 4 is 47.8 Å². The third-order valence-electron chi connectivity index (χ3n) is 2.64. The molecule has 2 aromatic carbocycles. The molecule has 0 aliphatic heterocycles. The molecule has 23 heavy (non-hydrogen) atoms. The van der Waals surface area contributed by atoms with E-state index in [0.29, 0.717) is 0 Å². The molecule has 0 aliphatic rings. The predicted octanol–water partition coefficient (Wildman–Crippen LogP) is 6.45. The third kappa shape index (κ3) is 10.2. The molecule has 0 aromatic heterocycles. The zero-order chi connectivity index (χ0) is 17.3. The Balaban J connectivity index is 0.000000253. The Labute approximate surface area is 159 Å². The van der Waals surface area contributed by atoms with Crippen molar-refractivity contribution in [3.05, 3.63) is 68.6 Å². The lowest BCUT2D eigenvalue weighted by atomic mass is 10.2. The SMILES string of the molecule is BrCc1ccc(Br)cc1.FC(F)(F)CNCc1ccc(Br)cc1. The Morgan fingerprint density at radius 1 is 0.783 bits per heavy atom. The molecule has 0 unspecified atom stereocenters. The van der Waals surface area contributed by atoms with Crippen LogP contribution in [0.15, 0.2) is 57.5 Å². The van der Waals surface area contributed by atoms with Gasteiger partial charge in [0.05, 0.1) is 6.54 Å². The second-order valence-electron chi connectivity index (χ2n) is 4.61. The van der Waals surface area contributed by atoms with E-state index in [4.69, 9.17) is 0 Å². The van der Waals surface area contributed by atoms with E-state index in [1.165, 1.54) is 5.56 Å². The number of rotatable bonds is 4. The van der Waals surface area contributed by atoms with Gasteiger partial charge in [0.25, 0.3) is 0 Å². The summed E-state index contributed by atoms with van der Waals surface area (Å²) in [6.45, 7) is -0.726. The van der Waals surface area contributed by atoms with Crippen LogP contribution in [-0.4, -0.2) is 12.7 Å². The summed E-state index contributed by atoms with van der Waals surface area (Å²) in [5, 5.41) is 3.25. The van der Waals surface area contributed by atoms with Crippen molar-refractivity contribution in [3.8, 4) is 0 Å². The molecule has 7 heteroatoms. The molecule has 1 N–H and O–H groups in total. The number of hydrogen-bond donors (Lipinski definition) is 1. The van der Waals surface area contributed by atoms with E-state index in [-0.39, 0.29) is 6.54 Å². The summed E-state index contributed by atoms with van der Waals surface area (Å²) in [6.07, 6.45) is -4.14. The molecule has 2 aromatic rings. The van der Waals surface area contributed by atoms with Crippen molar-refractivity contribution in [1.29, 1.82) is 0 Å². The maximum Gasteiger partial charge on any atom is 0.401 e. The monoisotopic (exact) mass is 515 g/mol. The van der Waals surface area contributed by atoms with Crippen LogP contribution in [0.1, 0.15) is 11.1 Å². The van der Waals surface area contributed by atoms with Crippen molar-refractivity contribution in [1.82, 2.24) is 5.32 Å². The lowest BCUT2D eigenvalue weighted by Crippen LogP contribution is -2.28. The fraction of sp³-hybridized carbons (Fsp3) is 0.250. The molecular formula is C16H15Br3F3N. The summed E-state index contributed by atoms with van der Waals surface area (Å²) >= 11 is 9.97. The molecule has 126 valence electrons. The van der Waals surface area contributed by atoms with Gasteiger partial charge in [0.1, 0.15) is 0 Å². The average molecular weight is 518 g/mol. The van der Waals surface area contributed by atoms with Gasteiger partial charge in [-0.05, 0) is 35.4 Å². The zero-order valence-electron chi connectivity index (χ0n) is 12.0. The summed E-state index contributed by atoms with van der Waals surface area (Å²) in [5.41, 5.74) is 2.13. The van der Waals surface area contributed by atoms with Gasteiger partial charge in [-0.25, -0.2) is 0 Å². The molecule has 2 rings (SSSR count). The van der Waals surface area contributed by atoms with E-state index in [1.54, 1.807) is 24.3 Å². The molecule has 0 radical (unpaired) electrons. The van der Waals surface area contributed by atoms with Crippen LogP contribution in [0.2, 0.25) is 0 Å². The lowest BCUT2D eigenvalue weighted by molar-refractivity contribution is -0.125. The lowest BCUT2D eigenvalue weighted by Gasteiger charge is -2.07. The van der Waals surface area contributed by atoms with Crippen LogP contribution in [0.3, 0.4) is 0 Å². The number of halogens is 6. The van der Waals surface area contributed by atoms with Crippen LogP contribution in [0.25, 0.3) is 0 Å². The highest BCUT2D eigenvalue weighted by atomic mass is 79.9. The molecule has 1 nitrogen and oxygen atoms in total. The highest BCUT2D eigenvalue weighted by molar-refractivity contribution is 9.10. The van der Waals surface area contributed by atoms with E-state index in [9.17, 15) is 13.2 Å². The number of nitrogens with one attached hydrogen (secondary N) is 1. The number of hydrogen-bond acceptors (Lipinski definition) is 1. The Morgan fingerprint density at radius 3 is 1.61 bits per heavy atom. The van der Waals surface area contributed by atoms with Crippen LogP contribution in [0, 0.1) is 0 Å². The van der Waals surface area contributed by atoms with Gasteiger partial charge in [-0.2, -0.15) is 13.2 Å². The molecule has 0 saturated carbocycles. The molecule has 0 fully saturated rings. The Hall–Kier alpha value is -0.370. The summed E-state index contributed by atoms with van der Waals surface area (Å²) in [6, 6.07) is 15.4. The van der Waals surface area contributed by atoms with E-state index >= 15 is 0 Å². The number of benzene rings is 2. The second kappa shape index (κ2) is 10.5. The molecule has 0 saturated heterocycles. The van der Waals surface area contributed by atoms with Crippen LogP contribution >= 0.6 is 47.8 Å². The first-order valence-corrected chi connectivity index (χ1v) is 9.33. The van der Waals surface area contributed by atoms with Crippen molar-refractivity contribution in [3.63, 3.8) is 0 Å². The second-order valence-corrected chi connectivity index (χ2v) is 7.00. The molecule has 0 heterocycles. The first-order valence-electron chi connectivity index (χ1n) is 6.62. The van der Waals surface area contributed by atoms with Crippen LogP contribution in [0.5, 0.6) is 0 Å². The first kappa shape index (κ1) is 20.7. The van der Waals surface area contributed by atoms with Gasteiger partial charge in [0.15, 0.2) is 0 Å². The van der Waals surface area contributed by atoms with E-state index in [0.717, 1.165) is 19.8 Å². The highest BCUT2D eigenvalue weighted by Gasteiger charge is 2.25. The van der Waals surface area contributed by atoms with Gasteiger partial charge in [-0.1, -0.05) is 72.1 Å². The van der Waals surface area contributed by atoms with Crippen LogP contribution in [-0.2, 0) is 11.9 Å². The third-order valence-corrected chi connectivity index (χ3v) is 4.34. The maximum atomic E-state index is 11.8. The average Bonchev–Trinajstić information content (AvgIpc) is 2.50. The van der Waals surface area contributed by atoms with Crippen molar-refractivity contribution in [2.75, 3.05) is 6.54 Å². The zero-order valence-corrected chi connectivity index (χ0v) is 16.8. The fourth-order valence-electron chi connectivity index (χ4n) is 1.52. The summed E-state index contributed by atoms with van der Waals surface area (Å²) in [5.74, 6) is 0. The molecule has 0 amide bonds. The Morgan fingerprint density at radius 2 is 1.22 bits per heavy atom. The minimum Gasteiger partial charge on any atom is -0.305 e. The predicted molar refractivity (Wildman–Crippen MR) is 98.7 cm³/mol. The topological polar surface area (TPSA) is 12.0 Å². The van der Waals surface area contributed by atoms with Crippen molar-refractivity contribution < 1.29 is 13.2 Å². The number of alkyl halides is 4. The molecule has 0 aliphatic carbocycles. The molecule has 0 atom stereocenters. The fourth-order valence-corrected chi connectivity index (χ4v) is 2.43. The van der Waals surface area contributed by atoms with Crippen LogP contribution in [0.4, 0.5) is 13.2 Å². The molecule has 0 spiro atoms. The van der Waals surface area contributed by atoms with Gasteiger partial charge in [-0.3, -0.25) is 0 Å². The van der Waals surface area contributed by atoms with Gasteiger partial charge >= 0.3 is 6.18 Å². The minimum absolute atomic E-state index is 0.229. The quantitative estimate of drug-likeness (QED) is 0.460. The minimum atomic E-state index is -4.14. The maximum absolute atomic E-state index is 11.8. The van der Waals surface area contributed by atoms with Crippen molar-refractivity contribution in [2.24, 2.45) is 0 Å². The van der Waals surface area contributed by atoms with Gasteiger partial charge in [-0.15, -0.1) is 0 Å². The van der Waals surface area contributed by atoms with Gasteiger partial charge in [0, 0.05) is 20.8 Å². The summed E-state index contributed by atoms with van der Waals surface area (Å²) in [4.78, 5) is 0. The van der Waals surface area contributed by atoms with E-state index < -0.39 is 12.7 Å². The van der Waals surface area contributed by atoms with E-state index in [1.807, 2.05) is 12.1 Å². The summed E-state index contributed by atoms with van der Waals surface area (Å²) in [7, 11) is 0. The molecule has 0 bridgehead atoms. The van der Waals surface area contributed by atoms with E-state index in [2.05, 4.69) is 65.2 Å².